The predicted molar refractivity (Wildman–Crippen MR) is 94.8 cm³/mol. The highest BCUT2D eigenvalue weighted by Crippen LogP contribution is 1.92. The summed E-state index contributed by atoms with van der Waals surface area (Å²) in [6.45, 7) is 4.44. The summed E-state index contributed by atoms with van der Waals surface area (Å²) in [6.07, 6.45) is 3.48. The Morgan fingerprint density at radius 2 is 2.00 bits per heavy atom. The van der Waals surface area contributed by atoms with Gasteiger partial charge in [0.05, 0.1) is 19.0 Å². The van der Waals surface area contributed by atoms with Gasteiger partial charge in [-0.15, -0.1) is 24.0 Å². The number of unbranched alkanes of at least 4 members (excludes halogenated alkanes) is 1. The minimum atomic E-state index is -2.93. The van der Waals surface area contributed by atoms with Crippen molar-refractivity contribution in [2.75, 3.05) is 52.4 Å². The van der Waals surface area contributed by atoms with Crippen LogP contribution in [-0.4, -0.2) is 71.7 Å². The fourth-order valence-electron chi connectivity index (χ4n) is 1.43. The highest BCUT2D eigenvalue weighted by molar-refractivity contribution is 14.0. The quantitative estimate of drug-likeness (QED) is 0.260. The van der Waals surface area contributed by atoms with Gasteiger partial charge in [0.25, 0.3) is 0 Å². The summed E-state index contributed by atoms with van der Waals surface area (Å²) in [4.78, 5) is 6.25. The zero-order chi connectivity index (χ0) is 14.7. The van der Waals surface area contributed by atoms with Gasteiger partial charge < -0.3 is 15.0 Å². The van der Waals surface area contributed by atoms with E-state index in [2.05, 4.69) is 22.1 Å². The van der Waals surface area contributed by atoms with E-state index in [9.17, 15) is 8.42 Å². The zero-order valence-electron chi connectivity index (χ0n) is 12.9. The second kappa shape index (κ2) is 12.6. The summed E-state index contributed by atoms with van der Waals surface area (Å²) in [5.41, 5.74) is 0. The molecule has 0 aliphatic heterocycles. The summed E-state index contributed by atoms with van der Waals surface area (Å²) in [5.74, 6) is 0.901. The largest absolute Gasteiger partial charge is 0.379 e. The molecule has 0 radical (unpaired) electrons. The van der Waals surface area contributed by atoms with E-state index in [4.69, 9.17) is 4.74 Å². The third-order valence-electron chi connectivity index (χ3n) is 2.55. The first kappa shape index (κ1) is 22.2. The molecule has 0 saturated heterocycles. The highest BCUT2D eigenvalue weighted by Gasteiger charge is 2.04. The Labute approximate surface area is 140 Å². The summed E-state index contributed by atoms with van der Waals surface area (Å²) in [7, 11) is 0.807. The van der Waals surface area contributed by atoms with Crippen LogP contribution in [0.4, 0.5) is 0 Å². The molecule has 0 rings (SSSR count). The Kier molecular flexibility index (Phi) is 14.0. The van der Waals surface area contributed by atoms with E-state index in [0.717, 1.165) is 25.3 Å². The molecule has 0 heterocycles. The second-order valence-electron chi connectivity index (χ2n) is 4.49. The third kappa shape index (κ3) is 12.9. The first-order chi connectivity index (χ1) is 8.90. The molecule has 0 spiro atoms. The molecule has 0 aromatic carbocycles. The van der Waals surface area contributed by atoms with Crippen molar-refractivity contribution in [3.05, 3.63) is 0 Å². The van der Waals surface area contributed by atoms with Crippen LogP contribution in [0.5, 0.6) is 0 Å². The molecule has 122 valence electrons. The van der Waals surface area contributed by atoms with E-state index < -0.39 is 9.84 Å². The van der Waals surface area contributed by atoms with Crippen molar-refractivity contribution in [3.8, 4) is 0 Å². The van der Waals surface area contributed by atoms with Crippen LogP contribution < -0.4 is 5.32 Å². The van der Waals surface area contributed by atoms with E-state index in [1.54, 1.807) is 7.05 Å². The Morgan fingerprint density at radius 1 is 1.35 bits per heavy atom. The Balaban J connectivity index is 0. The van der Waals surface area contributed by atoms with Crippen LogP contribution in [0.15, 0.2) is 4.99 Å². The molecule has 6 nitrogen and oxygen atoms in total. The summed E-state index contributed by atoms with van der Waals surface area (Å²) in [6, 6.07) is 0. The van der Waals surface area contributed by atoms with Gasteiger partial charge in [0.1, 0.15) is 9.84 Å². The molecule has 0 aliphatic rings. The number of nitrogens with one attached hydrogen (secondary N) is 1. The van der Waals surface area contributed by atoms with Crippen LogP contribution in [-0.2, 0) is 14.6 Å². The van der Waals surface area contributed by atoms with E-state index in [1.165, 1.54) is 6.26 Å². The fraction of sp³-hybridized carbons (Fsp3) is 0.917. The van der Waals surface area contributed by atoms with Crippen molar-refractivity contribution in [3.63, 3.8) is 0 Å². The molecule has 0 saturated carbocycles. The van der Waals surface area contributed by atoms with Crippen LogP contribution in [0, 0.1) is 0 Å². The third-order valence-corrected chi connectivity index (χ3v) is 3.46. The molecule has 0 aromatic heterocycles. The Bertz CT molecular complexity index is 361. The van der Waals surface area contributed by atoms with Crippen molar-refractivity contribution >= 4 is 39.8 Å². The average molecular weight is 421 g/mol. The Morgan fingerprint density at radius 3 is 2.50 bits per heavy atom. The molecule has 0 amide bonds. The number of rotatable bonds is 9. The van der Waals surface area contributed by atoms with E-state index >= 15 is 0 Å². The molecule has 0 bridgehead atoms. The molecule has 0 unspecified atom stereocenters. The molecular formula is C12H28IN3O3S. The van der Waals surface area contributed by atoms with Crippen molar-refractivity contribution in [2.24, 2.45) is 4.99 Å². The van der Waals surface area contributed by atoms with Gasteiger partial charge in [-0.3, -0.25) is 4.99 Å². The van der Waals surface area contributed by atoms with Crippen LogP contribution in [0.3, 0.4) is 0 Å². The topological polar surface area (TPSA) is 71.0 Å². The fourth-order valence-corrected chi connectivity index (χ4v) is 1.85. The molecule has 8 heteroatoms. The minimum absolute atomic E-state index is 0. The van der Waals surface area contributed by atoms with Gasteiger partial charge in [-0.05, 0) is 6.42 Å². The lowest BCUT2D eigenvalue weighted by Gasteiger charge is -2.21. The van der Waals surface area contributed by atoms with Crippen LogP contribution in [0.2, 0.25) is 0 Å². The summed E-state index contributed by atoms with van der Waals surface area (Å²) < 4.78 is 27.0. The molecule has 0 fully saturated rings. The number of ether oxygens (including phenoxy) is 1. The molecule has 0 aliphatic carbocycles. The van der Waals surface area contributed by atoms with E-state index in [-0.39, 0.29) is 36.3 Å². The van der Waals surface area contributed by atoms with Gasteiger partial charge in [0.2, 0.25) is 0 Å². The smallest absolute Gasteiger partial charge is 0.193 e. The van der Waals surface area contributed by atoms with E-state index in [0.29, 0.717) is 13.2 Å². The van der Waals surface area contributed by atoms with Crippen LogP contribution in [0.25, 0.3) is 0 Å². The van der Waals surface area contributed by atoms with Gasteiger partial charge in [0, 0.05) is 33.4 Å². The van der Waals surface area contributed by atoms with Crippen LogP contribution >= 0.6 is 24.0 Å². The normalized spacial score (nSPS) is 11.9. The highest BCUT2D eigenvalue weighted by atomic mass is 127. The minimum Gasteiger partial charge on any atom is -0.379 e. The molecule has 0 atom stereocenters. The monoisotopic (exact) mass is 421 g/mol. The van der Waals surface area contributed by atoms with Crippen LogP contribution in [0.1, 0.15) is 19.8 Å². The number of guanidine groups is 1. The number of hydrogen-bond donors (Lipinski definition) is 1. The van der Waals surface area contributed by atoms with Crippen molar-refractivity contribution < 1.29 is 13.2 Å². The Hall–Kier alpha value is -0.0900. The van der Waals surface area contributed by atoms with Gasteiger partial charge in [-0.2, -0.15) is 0 Å². The zero-order valence-corrected chi connectivity index (χ0v) is 16.0. The lowest BCUT2D eigenvalue weighted by molar-refractivity contribution is 0.153. The lowest BCUT2D eigenvalue weighted by Crippen LogP contribution is -2.40. The number of hydrogen-bond acceptors (Lipinski definition) is 4. The number of halogens is 1. The molecule has 1 N–H and O–H groups in total. The summed E-state index contributed by atoms with van der Waals surface area (Å²) >= 11 is 0. The first-order valence-corrected chi connectivity index (χ1v) is 8.64. The molecule has 0 aromatic rings. The van der Waals surface area contributed by atoms with Gasteiger partial charge in [-0.25, -0.2) is 8.42 Å². The van der Waals surface area contributed by atoms with Gasteiger partial charge in [0.15, 0.2) is 5.96 Å². The average Bonchev–Trinajstić information content (AvgIpc) is 2.33. The van der Waals surface area contributed by atoms with E-state index in [1.807, 2.05) is 7.05 Å². The number of aliphatic imine (C=N–C) groups is 1. The molecule has 20 heavy (non-hydrogen) atoms. The second-order valence-corrected chi connectivity index (χ2v) is 6.75. The molecular weight excluding hydrogens is 393 g/mol. The van der Waals surface area contributed by atoms with Gasteiger partial charge >= 0.3 is 0 Å². The number of nitrogens with zero attached hydrogens (tertiary/aromatic N) is 2. The number of sulfone groups is 1. The first-order valence-electron chi connectivity index (χ1n) is 6.58. The van der Waals surface area contributed by atoms with Crippen molar-refractivity contribution in [2.45, 2.75) is 19.8 Å². The standard InChI is InChI=1S/C12H27N3O3S.HI/c1-5-6-8-15(3)12(13-2)14-7-9-18-10-11-19(4,16)17;/h5-11H2,1-4H3,(H,13,14);1H. The van der Waals surface area contributed by atoms with Gasteiger partial charge in [-0.1, -0.05) is 13.3 Å². The predicted octanol–water partition coefficient (Wildman–Crippen LogP) is 0.973. The van der Waals surface area contributed by atoms with Crippen molar-refractivity contribution in [1.29, 1.82) is 0 Å². The summed E-state index contributed by atoms with van der Waals surface area (Å²) in [5, 5.41) is 3.18. The SMILES string of the molecule is CCCCN(C)C(=NC)NCCOCCS(C)(=O)=O.I. The maximum absolute atomic E-state index is 10.9. The lowest BCUT2D eigenvalue weighted by atomic mass is 10.3. The maximum Gasteiger partial charge on any atom is 0.193 e. The maximum atomic E-state index is 10.9. The van der Waals surface area contributed by atoms with Crippen molar-refractivity contribution in [1.82, 2.24) is 10.2 Å².